The van der Waals surface area contributed by atoms with E-state index >= 15 is 0 Å². The van der Waals surface area contributed by atoms with Crippen LogP contribution in [0.4, 0.5) is 13.2 Å². The minimum atomic E-state index is -4.56. The van der Waals surface area contributed by atoms with Gasteiger partial charge in [-0.3, -0.25) is 14.6 Å². The third-order valence-corrected chi connectivity index (χ3v) is 8.15. The van der Waals surface area contributed by atoms with Crippen LogP contribution >= 0.6 is 10.8 Å². The first-order valence-electron chi connectivity index (χ1n) is 12.3. The predicted molar refractivity (Wildman–Crippen MR) is 137 cm³/mol. The molecular weight excluding hydrogens is 537 g/mol. The van der Waals surface area contributed by atoms with Gasteiger partial charge < -0.3 is 20.3 Å². The zero-order valence-electron chi connectivity index (χ0n) is 21.2. The van der Waals surface area contributed by atoms with Crippen LogP contribution in [0.2, 0.25) is 0 Å². The monoisotopic (exact) mass is 566 g/mol. The highest BCUT2D eigenvalue weighted by molar-refractivity contribution is 7.32. The van der Waals surface area contributed by atoms with Crippen molar-refractivity contribution in [3.8, 4) is 0 Å². The van der Waals surface area contributed by atoms with Crippen LogP contribution in [0.15, 0.2) is 48.5 Å². The number of nitrogens with one attached hydrogen (secondary N) is 1. The molecule has 0 bridgehead atoms. The lowest BCUT2D eigenvalue weighted by molar-refractivity contribution is -0.308. The molecule has 2 heterocycles. The van der Waals surface area contributed by atoms with Gasteiger partial charge in [0.1, 0.15) is 12.1 Å². The number of benzene rings is 2. The minimum absolute atomic E-state index is 0.0134. The first-order chi connectivity index (χ1) is 18.5. The number of aliphatic hydroxyl groups excluding tert-OH is 1. The number of rotatable bonds is 10. The summed E-state index contributed by atoms with van der Waals surface area (Å²) in [5.74, 6) is -2.20. The fourth-order valence-electron chi connectivity index (χ4n) is 4.41. The number of hydrogen-bond acceptors (Lipinski definition) is 8. The van der Waals surface area contributed by atoms with E-state index in [1.807, 2.05) is 36.1 Å². The Balaban J connectivity index is 1.22. The Morgan fingerprint density at radius 2 is 1.74 bits per heavy atom. The fraction of sp³-hybridized carbons (Fsp3) is 0.423. The molecule has 1 aliphatic rings. The molecule has 9 nitrogen and oxygen atoms in total. The van der Waals surface area contributed by atoms with Crippen LogP contribution in [-0.2, 0) is 15.8 Å². The molecule has 0 radical (unpaired) electrons. The number of thiazole rings is 1. The van der Waals surface area contributed by atoms with Crippen LogP contribution < -0.4 is 14.6 Å². The number of hydrogen-bond donors (Lipinski definition) is 2. The van der Waals surface area contributed by atoms with E-state index in [1.54, 1.807) is 0 Å². The van der Waals surface area contributed by atoms with E-state index in [1.165, 1.54) is 0 Å². The summed E-state index contributed by atoms with van der Waals surface area (Å²) in [5.41, 5.74) is -0.0451. The average Bonchev–Trinajstić information content (AvgIpc) is 3.21. The molecule has 0 spiro atoms. The molecule has 4 rings (SSSR count). The fourth-order valence-corrected chi connectivity index (χ4v) is 6.00. The van der Waals surface area contributed by atoms with Crippen LogP contribution in [0.1, 0.15) is 22.2 Å². The van der Waals surface area contributed by atoms with E-state index in [-0.39, 0.29) is 18.7 Å². The van der Waals surface area contributed by atoms with E-state index in [2.05, 4.69) is 15.2 Å². The summed E-state index contributed by atoms with van der Waals surface area (Å²) < 4.78 is 45.3. The second-order valence-corrected chi connectivity index (χ2v) is 11.1. The molecule has 2 aromatic carbocycles. The van der Waals surface area contributed by atoms with Gasteiger partial charge in [0.2, 0.25) is 10.6 Å². The number of aromatic nitrogens is 1. The predicted octanol–water partition coefficient (Wildman–Crippen LogP) is 1.33. The second kappa shape index (κ2) is 12.4. The molecule has 1 aromatic heterocycles. The number of aliphatic carboxylic acids is 1. The molecular formula is C26H29F3N4O5S. The van der Waals surface area contributed by atoms with E-state index in [0.717, 1.165) is 39.5 Å². The minimum Gasteiger partial charge on any atom is -0.548 e. The topological polar surface area (TPSA) is 118 Å². The van der Waals surface area contributed by atoms with Gasteiger partial charge in [0.15, 0.2) is 10.8 Å². The van der Waals surface area contributed by atoms with Crippen molar-refractivity contribution >= 4 is 32.8 Å². The van der Waals surface area contributed by atoms with Crippen LogP contribution in [0.3, 0.4) is 0 Å². The Morgan fingerprint density at radius 3 is 2.38 bits per heavy atom. The highest BCUT2D eigenvalue weighted by Gasteiger charge is 2.31. The molecule has 39 heavy (non-hydrogen) atoms. The molecule has 0 saturated carbocycles. The van der Waals surface area contributed by atoms with Crippen LogP contribution in [0.25, 0.3) is 10.2 Å². The van der Waals surface area contributed by atoms with Gasteiger partial charge in [0.05, 0.1) is 30.2 Å². The Bertz CT molecular complexity index is 1290. The number of alkyl halides is 3. The van der Waals surface area contributed by atoms with Crippen molar-refractivity contribution in [1.29, 1.82) is 0 Å². The summed E-state index contributed by atoms with van der Waals surface area (Å²) in [6, 6.07) is 9.72. The van der Waals surface area contributed by atoms with Crippen molar-refractivity contribution in [2.45, 2.75) is 25.2 Å². The zero-order valence-corrected chi connectivity index (χ0v) is 22.0. The summed E-state index contributed by atoms with van der Waals surface area (Å²) >= 11 is 0. The number of para-hydroxylation sites is 1. The zero-order chi connectivity index (χ0) is 28.2. The highest BCUT2D eigenvalue weighted by atomic mass is 32.2. The second-order valence-electron chi connectivity index (χ2n) is 9.32. The average molecular weight is 567 g/mol. The van der Waals surface area contributed by atoms with Gasteiger partial charge >= 0.3 is 6.18 Å². The van der Waals surface area contributed by atoms with Crippen LogP contribution in [0, 0.1) is 6.92 Å². The van der Waals surface area contributed by atoms with E-state index in [0.29, 0.717) is 32.7 Å². The van der Waals surface area contributed by atoms with Crippen molar-refractivity contribution in [3.63, 3.8) is 0 Å². The van der Waals surface area contributed by atoms with Crippen molar-refractivity contribution in [2.24, 2.45) is 0 Å². The SMILES string of the molecule is Cc1nc2ccccc2[s+]1OC[C@H](O)CN1CCN(CC(=O)N[C@H](C(=O)[O-])c2ccc(C(F)(F)F)cc2)CC1. The lowest BCUT2D eigenvalue weighted by atomic mass is 10.0. The lowest BCUT2D eigenvalue weighted by Gasteiger charge is -2.35. The summed E-state index contributed by atoms with van der Waals surface area (Å²) in [7, 11) is -0.592. The Hall–Kier alpha value is -3.10. The summed E-state index contributed by atoms with van der Waals surface area (Å²) in [6.07, 6.45) is -5.26. The number of carbonyl (C=O) groups is 2. The Labute approximate surface area is 226 Å². The largest absolute Gasteiger partial charge is 0.548 e. The number of carbonyl (C=O) groups excluding carboxylic acids is 2. The molecule has 1 saturated heterocycles. The van der Waals surface area contributed by atoms with Crippen LogP contribution in [-0.4, -0.2) is 83.7 Å². The normalized spacial score (nSPS) is 17.2. The number of piperazine rings is 1. The molecule has 2 N–H and O–H groups in total. The molecule has 1 aliphatic heterocycles. The number of nitrogens with zero attached hydrogens (tertiary/aromatic N) is 3. The van der Waals surface area contributed by atoms with Gasteiger partial charge in [0.25, 0.3) is 5.01 Å². The number of β-amino-alcohol motifs (C(OH)–C–C–N with tert-alkyl or cyclic N) is 1. The van der Waals surface area contributed by atoms with Gasteiger partial charge in [-0.1, -0.05) is 24.3 Å². The molecule has 1 fully saturated rings. The number of aliphatic hydroxyl groups is 1. The van der Waals surface area contributed by atoms with Crippen molar-refractivity contribution in [1.82, 2.24) is 20.1 Å². The van der Waals surface area contributed by atoms with Crippen molar-refractivity contribution in [2.75, 3.05) is 45.9 Å². The van der Waals surface area contributed by atoms with Gasteiger partial charge in [-0.2, -0.15) is 18.2 Å². The van der Waals surface area contributed by atoms with Crippen LogP contribution in [0.5, 0.6) is 0 Å². The van der Waals surface area contributed by atoms with E-state index < -0.39 is 46.5 Å². The number of halogens is 3. The highest BCUT2D eigenvalue weighted by Crippen LogP contribution is 2.32. The number of amides is 1. The smallest absolute Gasteiger partial charge is 0.416 e. The Kier molecular flexibility index (Phi) is 9.18. The molecule has 3 atom stereocenters. The van der Waals surface area contributed by atoms with E-state index in [9.17, 15) is 33.0 Å². The van der Waals surface area contributed by atoms with Gasteiger partial charge in [-0.05, 0) is 23.8 Å². The van der Waals surface area contributed by atoms with Crippen molar-refractivity contribution in [3.05, 3.63) is 64.7 Å². The molecule has 0 aliphatic carbocycles. The number of carboxylic acids is 1. The maximum absolute atomic E-state index is 12.8. The summed E-state index contributed by atoms with van der Waals surface area (Å²) in [6.45, 7) is 4.58. The molecule has 1 unspecified atom stereocenters. The third kappa shape index (κ3) is 7.51. The first kappa shape index (κ1) is 28.9. The van der Waals surface area contributed by atoms with E-state index in [4.69, 9.17) is 4.18 Å². The maximum atomic E-state index is 12.8. The summed E-state index contributed by atoms with van der Waals surface area (Å²) in [5, 5.41) is 25.3. The number of carboxylic acid groups (broad SMARTS) is 1. The first-order valence-corrected chi connectivity index (χ1v) is 13.5. The Morgan fingerprint density at radius 1 is 1.10 bits per heavy atom. The van der Waals surface area contributed by atoms with Gasteiger partial charge in [0, 0.05) is 45.7 Å². The summed E-state index contributed by atoms with van der Waals surface area (Å²) in [4.78, 5) is 32.5. The standard InChI is InChI=1S/C26H29F3N4O5S/c1-17-30-21-4-2-3-5-22(21)39(17)38-16-20(34)14-32-10-12-33(13-11-32)15-23(35)31-24(25(36)37)18-6-8-19(9-7-18)26(27,28)29/h2-9,20,24,34H,10-16H2,1H3,(H-,31,35,36,37)/t20-,24+,39?/m1/s1. The molecule has 210 valence electrons. The number of aryl methyl sites for hydroxylation is 1. The lowest BCUT2D eigenvalue weighted by Crippen LogP contribution is -2.52. The molecule has 1 amide bonds. The quantitative estimate of drug-likeness (QED) is 0.353. The number of fused-ring (bicyclic) bond motifs is 1. The van der Waals surface area contributed by atoms with Gasteiger partial charge in [-0.25, -0.2) is 0 Å². The van der Waals surface area contributed by atoms with Crippen molar-refractivity contribution < 1.29 is 37.2 Å². The molecule has 3 aromatic rings. The third-order valence-electron chi connectivity index (χ3n) is 6.40. The molecule has 13 heteroatoms. The maximum Gasteiger partial charge on any atom is 0.416 e. The van der Waals surface area contributed by atoms with Gasteiger partial charge in [-0.15, -0.1) is 4.18 Å².